The van der Waals surface area contributed by atoms with E-state index >= 15 is 0 Å². The number of para-hydroxylation sites is 1. The zero-order valence-electron chi connectivity index (χ0n) is 43.2. The van der Waals surface area contributed by atoms with Gasteiger partial charge in [-0.1, -0.05) is 222 Å². The quantitative estimate of drug-likeness (QED) is 0.107. The summed E-state index contributed by atoms with van der Waals surface area (Å²) in [7, 11) is 28.7. The highest BCUT2D eigenvalue weighted by atomic mass is 14.9. The third kappa shape index (κ3) is 7.10. The number of fused-ring (bicyclic) bond motifs is 3. The van der Waals surface area contributed by atoms with Gasteiger partial charge >= 0.3 is 0 Å². The van der Waals surface area contributed by atoms with Gasteiger partial charge in [0, 0.05) is 33.9 Å². The zero-order valence-corrected chi connectivity index (χ0v) is 43.2. The van der Waals surface area contributed by atoms with Gasteiger partial charge in [-0.25, -0.2) is 19.9 Å². The van der Waals surface area contributed by atoms with E-state index in [1.807, 2.05) is 31.2 Å². The highest BCUT2D eigenvalue weighted by molar-refractivity contribution is 6.60. The van der Waals surface area contributed by atoms with Crippen molar-refractivity contribution in [2.45, 2.75) is 68.1 Å². The second kappa shape index (κ2) is 18.3. The maximum atomic E-state index is 7.18. The Bertz CT molecular complexity index is 3980. The number of allylic oxidation sites excluding steroid dienone is 4. The van der Waals surface area contributed by atoms with E-state index in [-0.39, 0.29) is 5.92 Å². The van der Waals surface area contributed by atoms with Gasteiger partial charge in [-0.05, 0) is 106 Å². The van der Waals surface area contributed by atoms with Gasteiger partial charge in [-0.3, -0.25) is 0 Å². The Morgan fingerprint density at radius 3 is 1.56 bits per heavy atom. The number of rotatable bonds is 9. The molecule has 16 rings (SSSR count). The number of benzene rings is 8. The molecule has 2 heterocycles. The summed E-state index contributed by atoms with van der Waals surface area (Å²) in [4.78, 5) is 21.8. The molecular formula is C69H50B4N4. The molecule has 1 atom stereocenters. The predicted molar refractivity (Wildman–Crippen MR) is 318 cm³/mol. The predicted octanol–water partition coefficient (Wildman–Crippen LogP) is 11.5. The standard InChI is InChI=1S/C69H50B4N4/c1-3-17-44(41-30-32-43(33-31-41)58-39-57(42-18-5-4-6-19-42)75-67(76-58)69-37-35-46(49-22-9-14-27-54(49)69)50-23-10-15-28-55(50)69)38-40(2)59-61(70)63(72)60(64(73)62(59)71)66-74-56-29-16-11-24-51(56)65(77-66)68-36-34-45(47-20-7-12-25-52(47)68)48-21-8-13-26-53(48)68/h3-33,38-40,45-46H,34-37H2,1-2H3/b17-3-,44-38+. The topological polar surface area (TPSA) is 51.6 Å². The van der Waals surface area contributed by atoms with Crippen molar-refractivity contribution in [2.24, 2.45) is 0 Å². The fourth-order valence-electron chi connectivity index (χ4n) is 14.2. The van der Waals surface area contributed by atoms with Crippen LogP contribution in [0.5, 0.6) is 0 Å². The Morgan fingerprint density at radius 2 is 1.00 bits per heavy atom. The summed E-state index contributed by atoms with van der Waals surface area (Å²) in [5, 5.41) is 0.987. The Labute approximate surface area is 456 Å². The normalized spacial score (nSPS) is 20.2. The van der Waals surface area contributed by atoms with E-state index < -0.39 is 10.8 Å². The van der Waals surface area contributed by atoms with Crippen molar-refractivity contribution in [3.63, 3.8) is 0 Å². The van der Waals surface area contributed by atoms with Gasteiger partial charge in [0.25, 0.3) is 0 Å². The van der Waals surface area contributed by atoms with E-state index in [1.54, 1.807) is 0 Å². The van der Waals surface area contributed by atoms with Crippen LogP contribution < -0.4 is 21.9 Å². The highest BCUT2D eigenvalue weighted by Crippen LogP contribution is 2.61. The van der Waals surface area contributed by atoms with Crippen LogP contribution in [0.2, 0.25) is 0 Å². The van der Waals surface area contributed by atoms with E-state index in [0.29, 0.717) is 50.6 Å². The van der Waals surface area contributed by atoms with Crippen LogP contribution in [0.1, 0.15) is 124 Å². The summed E-state index contributed by atoms with van der Waals surface area (Å²) in [6, 6.07) is 65.1. The number of aromatic nitrogens is 4. The lowest BCUT2D eigenvalue weighted by atomic mass is 9.53. The Balaban J connectivity index is 0.842. The van der Waals surface area contributed by atoms with Gasteiger partial charge in [0.1, 0.15) is 37.2 Å². The molecule has 4 bridgehead atoms. The summed E-state index contributed by atoms with van der Waals surface area (Å²) in [5.41, 5.74) is 19.7. The molecule has 8 aromatic carbocycles. The summed E-state index contributed by atoms with van der Waals surface area (Å²) in [5.74, 6) is 1.66. The van der Waals surface area contributed by atoms with Crippen LogP contribution in [0.25, 0.3) is 50.4 Å². The Hall–Kier alpha value is -8.08. The maximum Gasteiger partial charge on any atom is 0.158 e. The van der Waals surface area contributed by atoms with E-state index in [9.17, 15) is 0 Å². The summed E-state index contributed by atoms with van der Waals surface area (Å²) < 4.78 is 0. The molecule has 8 heteroatoms. The molecule has 0 aliphatic heterocycles. The van der Waals surface area contributed by atoms with Crippen molar-refractivity contribution in [2.75, 3.05) is 0 Å². The molecule has 77 heavy (non-hydrogen) atoms. The summed E-state index contributed by atoms with van der Waals surface area (Å²) in [6.07, 6.45) is 10.2. The second-order valence-electron chi connectivity index (χ2n) is 21.5. The zero-order chi connectivity index (χ0) is 52.2. The van der Waals surface area contributed by atoms with Crippen LogP contribution in [0.4, 0.5) is 0 Å². The monoisotopic (exact) mass is 978 g/mol. The van der Waals surface area contributed by atoms with Crippen molar-refractivity contribution >= 4 is 69.7 Å². The van der Waals surface area contributed by atoms with E-state index in [1.165, 1.54) is 44.5 Å². The van der Waals surface area contributed by atoms with Crippen molar-refractivity contribution in [3.8, 4) is 33.9 Å². The van der Waals surface area contributed by atoms with Crippen LogP contribution in [0.15, 0.2) is 200 Å². The minimum atomic E-state index is -0.516. The molecule has 1 unspecified atom stereocenters. The van der Waals surface area contributed by atoms with Crippen LogP contribution in [-0.4, -0.2) is 51.3 Å². The molecule has 2 aromatic heterocycles. The van der Waals surface area contributed by atoms with Gasteiger partial charge in [0.15, 0.2) is 5.82 Å². The molecule has 0 fully saturated rings. The van der Waals surface area contributed by atoms with Gasteiger partial charge in [0.05, 0.1) is 33.4 Å². The summed E-state index contributed by atoms with van der Waals surface area (Å²) in [6.45, 7) is 4.11. The number of nitrogens with zero attached hydrogens (tertiary/aromatic N) is 4. The van der Waals surface area contributed by atoms with Crippen LogP contribution in [-0.2, 0) is 10.8 Å². The first-order valence-corrected chi connectivity index (χ1v) is 27.0. The van der Waals surface area contributed by atoms with E-state index in [4.69, 9.17) is 51.3 Å². The molecular weight excluding hydrogens is 928 g/mol. The molecule has 10 aromatic rings. The Kier molecular flexibility index (Phi) is 11.3. The molecule has 4 nitrogen and oxygen atoms in total. The molecule has 0 amide bonds. The molecule has 8 radical (unpaired) electrons. The van der Waals surface area contributed by atoms with Crippen LogP contribution >= 0.6 is 0 Å². The molecule has 0 spiro atoms. The average molecular weight is 978 g/mol. The summed E-state index contributed by atoms with van der Waals surface area (Å²) >= 11 is 0. The smallest absolute Gasteiger partial charge is 0.158 e. The minimum Gasteiger partial charge on any atom is -0.232 e. The SMILES string of the molecule is [B]c1c([B])c(C(C)/C=C(\C=C/C)c2ccc(-c3cc(-c4ccccc4)nc(C45CCC(c6ccccc64)c4ccccc45)n3)cc2)c([B])c([B])c1-c1nc(C23CCC(c4ccccc42)c2ccccc23)c2ccccc2n1. The minimum absolute atomic E-state index is 0.287. The first-order valence-electron chi connectivity index (χ1n) is 27.0. The third-order valence-electron chi connectivity index (χ3n) is 17.7. The first-order chi connectivity index (χ1) is 37.7. The van der Waals surface area contributed by atoms with Gasteiger partial charge in [-0.2, -0.15) is 0 Å². The average Bonchev–Trinajstić information content (AvgIpc) is 3.62. The molecule has 6 aliphatic carbocycles. The molecule has 6 aliphatic rings. The largest absolute Gasteiger partial charge is 0.232 e. The number of hydrogen-bond donors (Lipinski definition) is 0. The van der Waals surface area contributed by atoms with Gasteiger partial charge < -0.3 is 0 Å². The van der Waals surface area contributed by atoms with Crippen molar-refractivity contribution in [1.82, 2.24) is 19.9 Å². The maximum absolute atomic E-state index is 7.18. The molecule has 358 valence electrons. The molecule has 0 saturated heterocycles. The number of hydrogen-bond acceptors (Lipinski definition) is 4. The van der Waals surface area contributed by atoms with Gasteiger partial charge in [-0.15, -0.1) is 0 Å². The Morgan fingerprint density at radius 1 is 0.519 bits per heavy atom. The molecule has 0 saturated carbocycles. The fourth-order valence-corrected chi connectivity index (χ4v) is 14.2. The fraction of sp³-hybridized carbons (Fsp3) is 0.159. The highest BCUT2D eigenvalue weighted by Gasteiger charge is 2.52. The third-order valence-corrected chi connectivity index (χ3v) is 17.7. The lowest BCUT2D eigenvalue weighted by Crippen LogP contribution is -2.47. The van der Waals surface area contributed by atoms with Crippen molar-refractivity contribution in [3.05, 3.63) is 267 Å². The van der Waals surface area contributed by atoms with E-state index in [0.717, 1.165) is 81.8 Å². The van der Waals surface area contributed by atoms with Crippen LogP contribution in [0.3, 0.4) is 0 Å². The van der Waals surface area contributed by atoms with E-state index in [2.05, 4.69) is 183 Å². The lowest BCUT2D eigenvalue weighted by molar-refractivity contribution is 0.410. The lowest BCUT2D eigenvalue weighted by Gasteiger charge is -2.49. The second-order valence-corrected chi connectivity index (χ2v) is 21.5. The van der Waals surface area contributed by atoms with Crippen LogP contribution in [0, 0.1) is 0 Å². The van der Waals surface area contributed by atoms with Gasteiger partial charge in [0.2, 0.25) is 0 Å². The van der Waals surface area contributed by atoms with Crippen molar-refractivity contribution < 1.29 is 0 Å². The van der Waals surface area contributed by atoms with Crippen molar-refractivity contribution in [1.29, 1.82) is 0 Å². The first kappa shape index (κ1) is 47.4. The molecule has 0 N–H and O–H groups in total.